The Morgan fingerprint density at radius 3 is 2.64 bits per heavy atom. The van der Waals surface area contributed by atoms with Gasteiger partial charge in [0.05, 0.1) is 24.2 Å². The van der Waals surface area contributed by atoms with Crippen LogP contribution in [0.15, 0.2) is 29.6 Å². The van der Waals surface area contributed by atoms with E-state index in [1.165, 1.54) is 11.3 Å². The lowest BCUT2D eigenvalue weighted by Crippen LogP contribution is -2.05. The molecule has 3 aromatic rings. The molecule has 0 amide bonds. The van der Waals surface area contributed by atoms with Crippen LogP contribution in [-0.4, -0.2) is 29.2 Å². The van der Waals surface area contributed by atoms with Crippen LogP contribution in [-0.2, 0) is 4.74 Å². The van der Waals surface area contributed by atoms with E-state index in [1.807, 2.05) is 31.2 Å². The van der Waals surface area contributed by atoms with Crippen LogP contribution in [0.5, 0.6) is 5.75 Å². The first-order valence-electron chi connectivity index (χ1n) is 7.74. The largest absolute Gasteiger partial charge is 0.494 e. The number of rotatable bonds is 6. The van der Waals surface area contributed by atoms with Crippen molar-refractivity contribution in [2.24, 2.45) is 0 Å². The summed E-state index contributed by atoms with van der Waals surface area (Å²) in [6, 6.07) is 7.43. The van der Waals surface area contributed by atoms with E-state index in [0.29, 0.717) is 34.8 Å². The topological polar surface area (TPSA) is 73.3 Å². The van der Waals surface area contributed by atoms with Crippen LogP contribution in [0.1, 0.15) is 24.2 Å². The minimum absolute atomic E-state index is 0.109. The Labute approximate surface area is 153 Å². The molecular weight excluding hydrogens is 362 g/mol. The molecule has 0 aliphatic heterocycles. The number of carbonyl (C=O) groups excluding carboxylic acids is 1. The van der Waals surface area contributed by atoms with E-state index in [2.05, 4.69) is 15.3 Å². The summed E-state index contributed by atoms with van der Waals surface area (Å²) in [5, 5.41) is 5.60. The van der Waals surface area contributed by atoms with Gasteiger partial charge >= 0.3 is 5.97 Å². The van der Waals surface area contributed by atoms with Crippen LogP contribution in [0.3, 0.4) is 0 Å². The van der Waals surface area contributed by atoms with E-state index in [0.717, 1.165) is 11.4 Å². The first-order valence-corrected chi connectivity index (χ1v) is 8.99. The molecule has 2 heterocycles. The highest BCUT2D eigenvalue weighted by Crippen LogP contribution is 2.33. The van der Waals surface area contributed by atoms with Gasteiger partial charge in [-0.1, -0.05) is 0 Å². The Balaban J connectivity index is 1.99. The summed E-state index contributed by atoms with van der Waals surface area (Å²) in [4.78, 5) is 21.2. The molecule has 0 saturated carbocycles. The predicted molar refractivity (Wildman–Crippen MR) is 99.3 cm³/mol. The summed E-state index contributed by atoms with van der Waals surface area (Å²) in [5.74, 6) is 0.833. The van der Waals surface area contributed by atoms with Crippen molar-refractivity contribution in [1.29, 1.82) is 0 Å². The summed E-state index contributed by atoms with van der Waals surface area (Å²) < 4.78 is 10.5. The van der Waals surface area contributed by atoms with Gasteiger partial charge in [-0.2, -0.15) is 4.98 Å². The molecular formula is C17H16ClN3O3S. The molecule has 0 atom stereocenters. The first-order chi connectivity index (χ1) is 12.1. The number of benzene rings is 1. The Bertz CT molecular complexity index is 896. The van der Waals surface area contributed by atoms with E-state index >= 15 is 0 Å². The molecule has 0 bridgehead atoms. The SMILES string of the molecule is CCOC(=O)c1csc2nc(Cl)nc(Nc3ccc(OCC)cc3)c12. The first kappa shape index (κ1) is 17.4. The van der Waals surface area contributed by atoms with Gasteiger partial charge in [-0.05, 0) is 49.7 Å². The third-order valence-electron chi connectivity index (χ3n) is 3.33. The fourth-order valence-corrected chi connectivity index (χ4v) is 3.43. The fraction of sp³-hybridized carbons (Fsp3) is 0.235. The summed E-state index contributed by atoms with van der Waals surface area (Å²) in [6.07, 6.45) is 0. The lowest BCUT2D eigenvalue weighted by Gasteiger charge is -2.10. The molecule has 0 aliphatic rings. The van der Waals surface area contributed by atoms with Crippen molar-refractivity contribution in [1.82, 2.24) is 9.97 Å². The number of carbonyl (C=O) groups is 1. The molecule has 8 heteroatoms. The molecule has 1 aromatic carbocycles. The van der Waals surface area contributed by atoms with Crippen molar-refractivity contribution in [2.75, 3.05) is 18.5 Å². The summed E-state index contributed by atoms with van der Waals surface area (Å²) in [7, 11) is 0. The van der Waals surface area contributed by atoms with Gasteiger partial charge in [-0.15, -0.1) is 11.3 Å². The van der Waals surface area contributed by atoms with Crippen molar-refractivity contribution in [3.05, 3.63) is 40.5 Å². The predicted octanol–water partition coefficient (Wildman–Crippen LogP) is 4.66. The van der Waals surface area contributed by atoms with E-state index in [-0.39, 0.29) is 5.28 Å². The third kappa shape index (κ3) is 3.83. The van der Waals surface area contributed by atoms with Gasteiger partial charge in [-0.25, -0.2) is 9.78 Å². The van der Waals surface area contributed by atoms with Gasteiger partial charge in [0.2, 0.25) is 5.28 Å². The van der Waals surface area contributed by atoms with Crippen LogP contribution >= 0.6 is 22.9 Å². The molecule has 25 heavy (non-hydrogen) atoms. The van der Waals surface area contributed by atoms with Crippen molar-refractivity contribution >= 4 is 50.6 Å². The zero-order valence-corrected chi connectivity index (χ0v) is 15.3. The Hall–Kier alpha value is -2.38. The highest BCUT2D eigenvalue weighted by molar-refractivity contribution is 7.17. The minimum Gasteiger partial charge on any atom is -0.494 e. The second kappa shape index (κ2) is 7.67. The molecule has 0 radical (unpaired) electrons. The van der Waals surface area contributed by atoms with Gasteiger partial charge in [0.15, 0.2) is 0 Å². The van der Waals surface area contributed by atoms with Gasteiger partial charge in [0.1, 0.15) is 16.4 Å². The van der Waals surface area contributed by atoms with Crippen LogP contribution in [0, 0.1) is 0 Å². The number of halogens is 1. The molecule has 0 unspecified atom stereocenters. The summed E-state index contributed by atoms with van der Waals surface area (Å²) in [5.41, 5.74) is 1.22. The zero-order chi connectivity index (χ0) is 17.8. The third-order valence-corrected chi connectivity index (χ3v) is 4.37. The second-order valence-electron chi connectivity index (χ2n) is 4.97. The quantitative estimate of drug-likeness (QED) is 0.497. The molecule has 0 saturated heterocycles. The maximum Gasteiger partial charge on any atom is 0.339 e. The van der Waals surface area contributed by atoms with E-state index < -0.39 is 5.97 Å². The standard InChI is InChI=1S/C17H16ClN3O3S/c1-3-23-11-7-5-10(6-8-11)19-14-13-12(16(22)24-4-2)9-25-15(13)21-17(18)20-14/h5-9H,3-4H2,1-2H3,(H,19,20,21). The highest BCUT2D eigenvalue weighted by Gasteiger charge is 2.19. The molecule has 130 valence electrons. The van der Waals surface area contributed by atoms with Gasteiger partial charge in [-0.3, -0.25) is 0 Å². The smallest absolute Gasteiger partial charge is 0.339 e. The van der Waals surface area contributed by atoms with Crippen molar-refractivity contribution < 1.29 is 14.3 Å². The van der Waals surface area contributed by atoms with Crippen molar-refractivity contribution in [2.45, 2.75) is 13.8 Å². The van der Waals surface area contributed by atoms with Gasteiger partial charge in [0, 0.05) is 11.1 Å². The monoisotopic (exact) mass is 377 g/mol. The number of ether oxygens (including phenoxy) is 2. The van der Waals surface area contributed by atoms with E-state index in [9.17, 15) is 4.79 Å². The van der Waals surface area contributed by atoms with Crippen LogP contribution in [0.2, 0.25) is 5.28 Å². The Kier molecular flexibility index (Phi) is 5.35. The number of anilines is 2. The van der Waals surface area contributed by atoms with Gasteiger partial charge in [0.25, 0.3) is 0 Å². The lowest BCUT2D eigenvalue weighted by atomic mass is 10.2. The summed E-state index contributed by atoms with van der Waals surface area (Å²) >= 11 is 7.33. The molecule has 6 nitrogen and oxygen atoms in total. The Morgan fingerprint density at radius 1 is 1.20 bits per heavy atom. The Morgan fingerprint density at radius 2 is 1.96 bits per heavy atom. The molecule has 0 fully saturated rings. The number of nitrogens with one attached hydrogen (secondary N) is 1. The molecule has 0 spiro atoms. The number of hydrogen-bond acceptors (Lipinski definition) is 7. The van der Waals surface area contributed by atoms with E-state index in [4.69, 9.17) is 21.1 Å². The van der Waals surface area contributed by atoms with Crippen LogP contribution in [0.4, 0.5) is 11.5 Å². The van der Waals surface area contributed by atoms with Crippen molar-refractivity contribution in [3.8, 4) is 5.75 Å². The average molecular weight is 378 g/mol. The number of hydrogen-bond donors (Lipinski definition) is 1. The van der Waals surface area contributed by atoms with E-state index in [1.54, 1.807) is 12.3 Å². The van der Waals surface area contributed by atoms with Crippen LogP contribution < -0.4 is 10.1 Å². The number of thiophene rings is 1. The number of aromatic nitrogens is 2. The molecule has 0 aliphatic carbocycles. The normalized spacial score (nSPS) is 10.7. The molecule has 3 rings (SSSR count). The van der Waals surface area contributed by atoms with Crippen molar-refractivity contribution in [3.63, 3.8) is 0 Å². The maximum atomic E-state index is 12.2. The molecule has 2 aromatic heterocycles. The summed E-state index contributed by atoms with van der Waals surface area (Å²) in [6.45, 7) is 4.59. The average Bonchev–Trinajstić information content (AvgIpc) is 3.01. The zero-order valence-electron chi connectivity index (χ0n) is 13.7. The van der Waals surface area contributed by atoms with Crippen LogP contribution in [0.25, 0.3) is 10.2 Å². The number of fused-ring (bicyclic) bond motifs is 1. The number of nitrogens with zero attached hydrogens (tertiary/aromatic N) is 2. The lowest BCUT2D eigenvalue weighted by molar-refractivity contribution is 0.0529. The minimum atomic E-state index is -0.408. The van der Waals surface area contributed by atoms with Gasteiger partial charge < -0.3 is 14.8 Å². The maximum absolute atomic E-state index is 12.2. The molecule has 1 N–H and O–H groups in total. The fourth-order valence-electron chi connectivity index (χ4n) is 2.30. The highest BCUT2D eigenvalue weighted by atomic mass is 35.5. The second-order valence-corrected chi connectivity index (χ2v) is 6.17. The number of esters is 1.